The Bertz CT molecular complexity index is 489. The van der Waals surface area contributed by atoms with Crippen LogP contribution in [-0.4, -0.2) is 21.5 Å². The topological polar surface area (TPSA) is 50.7 Å². The van der Waals surface area contributed by atoms with E-state index in [9.17, 15) is 0 Å². The van der Waals surface area contributed by atoms with Crippen LogP contribution in [0.2, 0.25) is 5.02 Å². The first kappa shape index (κ1) is 12.9. The van der Waals surface area contributed by atoms with Crippen molar-refractivity contribution in [2.75, 3.05) is 6.54 Å². The van der Waals surface area contributed by atoms with Gasteiger partial charge in [0.1, 0.15) is 0 Å². The molecule has 2 aromatic rings. The Morgan fingerprint density at radius 2 is 2.17 bits per heavy atom. The molecule has 94 valence electrons. The standard InChI is InChI=1S/C13H15ClN4/c1-2-5-17-13(11-9-15-7-8-16-11)12-10(14)4-3-6-18-12/h3-4,6-9,13,17H,2,5H2,1H3. The quantitative estimate of drug-likeness (QED) is 0.900. The SMILES string of the molecule is CCCNC(c1cnccn1)c1ncccc1Cl. The molecule has 0 amide bonds. The van der Waals surface area contributed by atoms with Crippen molar-refractivity contribution in [3.05, 3.63) is 53.3 Å². The molecule has 18 heavy (non-hydrogen) atoms. The molecule has 0 bridgehead atoms. The van der Waals surface area contributed by atoms with Gasteiger partial charge in [0.05, 0.1) is 28.6 Å². The minimum atomic E-state index is -0.118. The minimum absolute atomic E-state index is 0.118. The van der Waals surface area contributed by atoms with Crippen molar-refractivity contribution < 1.29 is 0 Å². The summed E-state index contributed by atoms with van der Waals surface area (Å²) in [5.41, 5.74) is 1.61. The molecule has 1 unspecified atom stereocenters. The lowest BCUT2D eigenvalue weighted by Gasteiger charge is -2.18. The summed E-state index contributed by atoms with van der Waals surface area (Å²) in [7, 11) is 0. The maximum atomic E-state index is 6.20. The van der Waals surface area contributed by atoms with Crippen molar-refractivity contribution in [3.63, 3.8) is 0 Å². The van der Waals surface area contributed by atoms with E-state index in [1.807, 2.05) is 12.1 Å². The van der Waals surface area contributed by atoms with Crippen LogP contribution in [0.1, 0.15) is 30.8 Å². The number of hydrogen-bond acceptors (Lipinski definition) is 4. The van der Waals surface area contributed by atoms with Crippen molar-refractivity contribution >= 4 is 11.6 Å². The van der Waals surface area contributed by atoms with E-state index < -0.39 is 0 Å². The molecular formula is C13H15ClN4. The van der Waals surface area contributed by atoms with Crippen LogP contribution in [0.3, 0.4) is 0 Å². The van der Waals surface area contributed by atoms with E-state index in [2.05, 4.69) is 27.2 Å². The van der Waals surface area contributed by atoms with E-state index >= 15 is 0 Å². The van der Waals surface area contributed by atoms with Gasteiger partial charge >= 0.3 is 0 Å². The number of hydrogen-bond donors (Lipinski definition) is 1. The van der Waals surface area contributed by atoms with Crippen LogP contribution < -0.4 is 5.32 Å². The highest BCUT2D eigenvalue weighted by Crippen LogP contribution is 2.24. The van der Waals surface area contributed by atoms with E-state index in [1.54, 1.807) is 24.8 Å². The fourth-order valence-electron chi connectivity index (χ4n) is 1.70. The number of nitrogens with zero attached hydrogens (tertiary/aromatic N) is 3. The zero-order valence-corrected chi connectivity index (χ0v) is 10.9. The van der Waals surface area contributed by atoms with Crippen LogP contribution in [0, 0.1) is 0 Å². The molecule has 2 heterocycles. The molecular weight excluding hydrogens is 248 g/mol. The molecule has 0 saturated carbocycles. The summed E-state index contributed by atoms with van der Waals surface area (Å²) in [5.74, 6) is 0. The Kier molecular flexibility index (Phi) is 4.61. The number of aromatic nitrogens is 3. The van der Waals surface area contributed by atoms with Crippen LogP contribution >= 0.6 is 11.6 Å². The van der Waals surface area contributed by atoms with Crippen molar-refractivity contribution in [1.29, 1.82) is 0 Å². The zero-order chi connectivity index (χ0) is 12.8. The lowest BCUT2D eigenvalue weighted by Crippen LogP contribution is -2.25. The summed E-state index contributed by atoms with van der Waals surface area (Å²) in [6, 6.07) is 3.53. The van der Waals surface area contributed by atoms with E-state index in [1.165, 1.54) is 0 Å². The third-order valence-electron chi connectivity index (χ3n) is 2.54. The summed E-state index contributed by atoms with van der Waals surface area (Å²) < 4.78 is 0. The molecule has 2 aromatic heterocycles. The highest BCUT2D eigenvalue weighted by molar-refractivity contribution is 6.31. The molecule has 4 nitrogen and oxygen atoms in total. The molecule has 5 heteroatoms. The molecule has 0 fully saturated rings. The normalized spacial score (nSPS) is 12.3. The summed E-state index contributed by atoms with van der Waals surface area (Å²) in [5, 5.41) is 4.03. The Morgan fingerprint density at radius 3 is 2.83 bits per heavy atom. The van der Waals surface area contributed by atoms with E-state index in [-0.39, 0.29) is 6.04 Å². The van der Waals surface area contributed by atoms with Gasteiger partial charge in [0.15, 0.2) is 0 Å². The molecule has 1 atom stereocenters. The monoisotopic (exact) mass is 262 g/mol. The third-order valence-corrected chi connectivity index (χ3v) is 2.86. The third kappa shape index (κ3) is 3.03. The lowest BCUT2D eigenvalue weighted by atomic mass is 10.1. The van der Waals surface area contributed by atoms with Crippen LogP contribution in [0.15, 0.2) is 36.9 Å². The van der Waals surface area contributed by atoms with E-state index in [0.717, 1.165) is 24.4 Å². The summed E-state index contributed by atoms with van der Waals surface area (Å²) in [4.78, 5) is 12.8. The predicted octanol–water partition coefficient (Wildman–Crippen LogP) is 2.61. The molecule has 0 saturated heterocycles. The molecule has 1 N–H and O–H groups in total. The number of rotatable bonds is 5. The van der Waals surface area contributed by atoms with Gasteiger partial charge in [-0.15, -0.1) is 0 Å². The van der Waals surface area contributed by atoms with Gasteiger partial charge < -0.3 is 5.32 Å². The minimum Gasteiger partial charge on any atom is -0.304 e. The number of pyridine rings is 1. The first-order valence-corrected chi connectivity index (χ1v) is 6.30. The molecule has 0 aliphatic heterocycles. The lowest BCUT2D eigenvalue weighted by molar-refractivity contribution is 0.573. The van der Waals surface area contributed by atoms with Crippen LogP contribution in [-0.2, 0) is 0 Å². The average Bonchev–Trinajstić information content (AvgIpc) is 2.42. The van der Waals surface area contributed by atoms with E-state index in [4.69, 9.17) is 11.6 Å². The smallest absolute Gasteiger partial charge is 0.0956 e. The maximum absolute atomic E-state index is 6.20. The highest BCUT2D eigenvalue weighted by Gasteiger charge is 2.18. The van der Waals surface area contributed by atoms with Crippen molar-refractivity contribution in [3.8, 4) is 0 Å². The predicted molar refractivity (Wildman–Crippen MR) is 71.4 cm³/mol. The summed E-state index contributed by atoms with van der Waals surface area (Å²) in [6.45, 7) is 2.98. The highest BCUT2D eigenvalue weighted by atomic mass is 35.5. The zero-order valence-electron chi connectivity index (χ0n) is 10.2. The average molecular weight is 263 g/mol. The van der Waals surface area contributed by atoms with Gasteiger partial charge in [-0.05, 0) is 25.1 Å². The second kappa shape index (κ2) is 6.42. The van der Waals surface area contributed by atoms with Crippen molar-refractivity contribution in [2.45, 2.75) is 19.4 Å². The fourth-order valence-corrected chi connectivity index (χ4v) is 1.93. The first-order chi connectivity index (χ1) is 8.83. The van der Waals surface area contributed by atoms with Crippen LogP contribution in [0.4, 0.5) is 0 Å². The second-order valence-electron chi connectivity index (χ2n) is 3.89. The van der Waals surface area contributed by atoms with Gasteiger partial charge in [0.2, 0.25) is 0 Å². The first-order valence-electron chi connectivity index (χ1n) is 5.92. The Morgan fingerprint density at radius 1 is 1.28 bits per heavy atom. The van der Waals surface area contributed by atoms with Crippen LogP contribution in [0.5, 0.6) is 0 Å². The number of halogens is 1. The molecule has 0 aliphatic carbocycles. The Hall–Kier alpha value is -1.52. The van der Waals surface area contributed by atoms with Gasteiger partial charge in [-0.3, -0.25) is 15.0 Å². The molecule has 2 rings (SSSR count). The maximum Gasteiger partial charge on any atom is 0.0956 e. The van der Waals surface area contributed by atoms with Gasteiger partial charge in [-0.25, -0.2) is 0 Å². The van der Waals surface area contributed by atoms with Crippen LogP contribution in [0.25, 0.3) is 0 Å². The molecule has 0 radical (unpaired) electrons. The second-order valence-corrected chi connectivity index (χ2v) is 4.30. The Balaban J connectivity index is 2.34. The molecule has 0 spiro atoms. The largest absolute Gasteiger partial charge is 0.304 e. The van der Waals surface area contributed by atoms with Gasteiger partial charge in [0, 0.05) is 18.6 Å². The fraction of sp³-hybridized carbons (Fsp3) is 0.308. The Labute approximate surface area is 111 Å². The van der Waals surface area contributed by atoms with E-state index in [0.29, 0.717) is 5.02 Å². The summed E-state index contributed by atoms with van der Waals surface area (Å²) >= 11 is 6.20. The van der Waals surface area contributed by atoms with Crippen molar-refractivity contribution in [1.82, 2.24) is 20.3 Å². The van der Waals surface area contributed by atoms with Gasteiger partial charge in [-0.1, -0.05) is 18.5 Å². The van der Waals surface area contributed by atoms with Gasteiger partial charge in [0.25, 0.3) is 0 Å². The summed E-state index contributed by atoms with van der Waals surface area (Å²) in [6.07, 6.45) is 7.82. The number of nitrogens with one attached hydrogen (secondary N) is 1. The van der Waals surface area contributed by atoms with Crippen molar-refractivity contribution in [2.24, 2.45) is 0 Å². The molecule has 0 aliphatic rings. The molecule has 0 aromatic carbocycles. The van der Waals surface area contributed by atoms with Gasteiger partial charge in [-0.2, -0.15) is 0 Å².